The summed E-state index contributed by atoms with van der Waals surface area (Å²) >= 11 is 0. The number of amides is 1. The van der Waals surface area contributed by atoms with Crippen LogP contribution in [-0.2, 0) is 0 Å². The number of carbonyl (C=O) groups is 1. The van der Waals surface area contributed by atoms with Crippen molar-refractivity contribution in [2.75, 3.05) is 36.4 Å². The van der Waals surface area contributed by atoms with Gasteiger partial charge in [-0.2, -0.15) is 0 Å². The van der Waals surface area contributed by atoms with E-state index in [1.165, 1.54) is 5.69 Å². The summed E-state index contributed by atoms with van der Waals surface area (Å²) in [5, 5.41) is 6.67. The maximum absolute atomic E-state index is 12.4. The van der Waals surface area contributed by atoms with E-state index in [1.54, 1.807) is 24.5 Å². The highest BCUT2D eigenvalue weighted by atomic mass is 16.5. The number of carbonyl (C=O) groups excluding carboxylic acids is 1. The Morgan fingerprint density at radius 1 is 1.07 bits per heavy atom. The molecule has 7 heteroatoms. The van der Waals surface area contributed by atoms with Crippen LogP contribution < -0.4 is 10.2 Å². The van der Waals surface area contributed by atoms with E-state index < -0.39 is 0 Å². The van der Waals surface area contributed by atoms with Gasteiger partial charge in [-0.15, -0.1) is 0 Å². The summed E-state index contributed by atoms with van der Waals surface area (Å²) in [5.41, 5.74) is 2.10. The lowest BCUT2D eigenvalue weighted by atomic mass is 10.2. The van der Waals surface area contributed by atoms with Gasteiger partial charge in [-0.05, 0) is 50.2 Å². The lowest BCUT2D eigenvalue weighted by Gasteiger charge is -2.38. The second-order valence-corrected chi connectivity index (χ2v) is 7.17. The van der Waals surface area contributed by atoms with Crippen LogP contribution in [0.25, 0.3) is 11.5 Å². The van der Waals surface area contributed by atoms with Crippen LogP contribution >= 0.6 is 0 Å². The van der Waals surface area contributed by atoms with Gasteiger partial charge < -0.3 is 19.2 Å². The Bertz CT molecular complexity index is 908. The molecule has 1 aliphatic rings. The molecule has 0 unspecified atom stereocenters. The van der Waals surface area contributed by atoms with Crippen molar-refractivity contribution < 1.29 is 13.7 Å². The van der Waals surface area contributed by atoms with E-state index in [0.717, 1.165) is 31.9 Å². The van der Waals surface area contributed by atoms with Gasteiger partial charge in [0.25, 0.3) is 5.91 Å². The fraction of sp³-hybridized carbons (Fsp3) is 0.333. The van der Waals surface area contributed by atoms with Gasteiger partial charge in [0.15, 0.2) is 11.5 Å². The molecule has 1 N–H and O–H groups in total. The number of benzene rings is 1. The molecular weight excluding hydrogens is 356 g/mol. The summed E-state index contributed by atoms with van der Waals surface area (Å²) in [5.74, 6) is 0.638. The maximum Gasteiger partial charge on any atom is 0.277 e. The Hall–Kier alpha value is -3.06. The van der Waals surface area contributed by atoms with Gasteiger partial charge in [-0.3, -0.25) is 9.69 Å². The third-order valence-electron chi connectivity index (χ3n) is 5.04. The molecule has 1 aromatic carbocycles. The predicted molar refractivity (Wildman–Crippen MR) is 108 cm³/mol. The molecule has 0 bridgehead atoms. The Morgan fingerprint density at radius 3 is 2.46 bits per heavy atom. The summed E-state index contributed by atoms with van der Waals surface area (Å²) in [6.45, 7) is 8.64. The average molecular weight is 380 g/mol. The van der Waals surface area contributed by atoms with E-state index in [1.807, 2.05) is 24.3 Å². The van der Waals surface area contributed by atoms with Crippen molar-refractivity contribution in [3.05, 3.63) is 54.4 Å². The summed E-state index contributed by atoms with van der Waals surface area (Å²) in [6.07, 6.45) is 1.54. The fourth-order valence-electron chi connectivity index (χ4n) is 3.36. The number of aromatic nitrogens is 1. The van der Waals surface area contributed by atoms with E-state index in [4.69, 9.17) is 8.94 Å². The predicted octanol–water partition coefficient (Wildman–Crippen LogP) is 3.72. The highest BCUT2D eigenvalue weighted by Crippen LogP contribution is 2.23. The highest BCUT2D eigenvalue weighted by Gasteiger charge is 2.19. The van der Waals surface area contributed by atoms with Crippen molar-refractivity contribution >= 4 is 17.3 Å². The summed E-state index contributed by atoms with van der Waals surface area (Å²) < 4.78 is 10.4. The number of hydrogen-bond acceptors (Lipinski definition) is 6. The molecule has 0 aliphatic carbocycles. The van der Waals surface area contributed by atoms with E-state index in [0.29, 0.717) is 17.6 Å². The van der Waals surface area contributed by atoms with Crippen LogP contribution in [0.2, 0.25) is 0 Å². The zero-order chi connectivity index (χ0) is 19.5. The molecule has 0 radical (unpaired) electrons. The molecule has 3 aromatic rings. The number of nitrogens with one attached hydrogen (secondary N) is 1. The molecule has 1 aliphatic heterocycles. The molecule has 1 amide bonds. The summed E-state index contributed by atoms with van der Waals surface area (Å²) in [4.78, 5) is 17.3. The Labute approximate surface area is 163 Å². The van der Waals surface area contributed by atoms with Gasteiger partial charge in [-0.1, -0.05) is 5.16 Å². The van der Waals surface area contributed by atoms with Crippen LogP contribution in [0, 0.1) is 0 Å². The van der Waals surface area contributed by atoms with Crippen molar-refractivity contribution in [3.63, 3.8) is 0 Å². The van der Waals surface area contributed by atoms with Gasteiger partial charge in [0.05, 0.1) is 6.26 Å². The Balaban J connectivity index is 1.36. The van der Waals surface area contributed by atoms with Crippen molar-refractivity contribution in [3.8, 4) is 11.5 Å². The van der Waals surface area contributed by atoms with Gasteiger partial charge >= 0.3 is 0 Å². The quantitative estimate of drug-likeness (QED) is 0.727. The van der Waals surface area contributed by atoms with Crippen molar-refractivity contribution in [2.45, 2.75) is 19.9 Å². The number of hydrogen-bond donors (Lipinski definition) is 1. The first-order valence-corrected chi connectivity index (χ1v) is 9.51. The van der Waals surface area contributed by atoms with Crippen molar-refractivity contribution in [1.29, 1.82) is 0 Å². The first-order valence-electron chi connectivity index (χ1n) is 9.51. The van der Waals surface area contributed by atoms with Gasteiger partial charge in [0, 0.05) is 49.7 Å². The van der Waals surface area contributed by atoms with Gasteiger partial charge in [0.2, 0.25) is 5.76 Å². The highest BCUT2D eigenvalue weighted by molar-refractivity contribution is 6.03. The minimum absolute atomic E-state index is 0.209. The van der Waals surface area contributed by atoms with Crippen LogP contribution in [0.4, 0.5) is 11.4 Å². The van der Waals surface area contributed by atoms with Crippen LogP contribution in [0.15, 0.2) is 57.7 Å². The SMILES string of the molecule is CC(C)N1CCN(c2ccc(NC(=O)c3cc(-c4ccco4)on3)cc2)CC1. The molecule has 28 heavy (non-hydrogen) atoms. The number of anilines is 2. The maximum atomic E-state index is 12.4. The van der Waals surface area contributed by atoms with E-state index in [9.17, 15) is 4.79 Å². The molecule has 0 spiro atoms. The molecule has 4 rings (SSSR count). The minimum atomic E-state index is -0.320. The first kappa shape index (κ1) is 18.3. The molecule has 7 nitrogen and oxygen atoms in total. The lowest BCUT2D eigenvalue weighted by Crippen LogP contribution is -2.48. The number of nitrogens with zero attached hydrogens (tertiary/aromatic N) is 3. The summed E-state index contributed by atoms with van der Waals surface area (Å²) in [7, 11) is 0. The molecule has 146 valence electrons. The number of furan rings is 1. The topological polar surface area (TPSA) is 74.8 Å². The third-order valence-corrected chi connectivity index (χ3v) is 5.04. The molecule has 3 heterocycles. The number of rotatable bonds is 5. The second-order valence-electron chi connectivity index (χ2n) is 7.17. The zero-order valence-electron chi connectivity index (χ0n) is 16.1. The smallest absolute Gasteiger partial charge is 0.277 e. The van der Waals surface area contributed by atoms with Crippen LogP contribution in [0.3, 0.4) is 0 Å². The normalized spacial score (nSPS) is 15.2. The number of piperazine rings is 1. The van der Waals surface area contributed by atoms with E-state index in [-0.39, 0.29) is 11.6 Å². The van der Waals surface area contributed by atoms with Crippen molar-refractivity contribution in [1.82, 2.24) is 10.1 Å². The van der Waals surface area contributed by atoms with Crippen LogP contribution in [0.1, 0.15) is 24.3 Å². The fourth-order valence-corrected chi connectivity index (χ4v) is 3.36. The van der Waals surface area contributed by atoms with Crippen LogP contribution in [0.5, 0.6) is 0 Å². The second kappa shape index (κ2) is 7.90. The minimum Gasteiger partial charge on any atom is -0.461 e. The molecule has 2 aromatic heterocycles. The zero-order valence-corrected chi connectivity index (χ0v) is 16.1. The molecule has 1 saturated heterocycles. The Morgan fingerprint density at radius 2 is 1.82 bits per heavy atom. The van der Waals surface area contributed by atoms with Crippen molar-refractivity contribution in [2.24, 2.45) is 0 Å². The molecule has 0 atom stereocenters. The molecule has 0 saturated carbocycles. The van der Waals surface area contributed by atoms with Gasteiger partial charge in [0.1, 0.15) is 0 Å². The van der Waals surface area contributed by atoms with E-state index >= 15 is 0 Å². The Kier molecular flexibility index (Phi) is 5.16. The standard InChI is InChI=1S/C21H24N4O3/c1-15(2)24-9-11-25(12-10-24)17-7-5-16(6-8-17)22-21(26)18-14-20(28-23-18)19-4-3-13-27-19/h3-8,13-15H,9-12H2,1-2H3,(H,22,26). The lowest BCUT2D eigenvalue weighted by molar-refractivity contribution is 0.101. The van der Waals surface area contributed by atoms with Crippen LogP contribution in [-0.4, -0.2) is 48.2 Å². The third kappa shape index (κ3) is 3.94. The largest absolute Gasteiger partial charge is 0.461 e. The molecule has 1 fully saturated rings. The monoisotopic (exact) mass is 380 g/mol. The average Bonchev–Trinajstić information content (AvgIpc) is 3.40. The van der Waals surface area contributed by atoms with Gasteiger partial charge in [-0.25, -0.2) is 0 Å². The first-order chi connectivity index (χ1) is 13.6. The molecular formula is C21H24N4O3. The van der Waals surface area contributed by atoms with E-state index in [2.05, 4.69) is 34.1 Å². The summed E-state index contributed by atoms with van der Waals surface area (Å²) in [6, 6.07) is 13.6.